The van der Waals surface area contributed by atoms with Crippen molar-refractivity contribution in [2.75, 3.05) is 5.32 Å². The molecule has 2 atom stereocenters. The molecule has 1 aliphatic carbocycles. The number of aryl methyl sites for hydroxylation is 1. The summed E-state index contributed by atoms with van der Waals surface area (Å²) in [7, 11) is 0. The lowest BCUT2D eigenvalue weighted by Crippen LogP contribution is -2.22. The predicted molar refractivity (Wildman–Crippen MR) is 117 cm³/mol. The van der Waals surface area contributed by atoms with E-state index in [2.05, 4.69) is 17.4 Å². The summed E-state index contributed by atoms with van der Waals surface area (Å²) in [6, 6.07) is 21.1. The van der Waals surface area contributed by atoms with Gasteiger partial charge in [0.25, 0.3) is 0 Å². The lowest BCUT2D eigenvalue weighted by Gasteiger charge is -2.22. The topological polar surface area (TPSA) is 93.2 Å². The molecule has 30 heavy (non-hydrogen) atoms. The first-order chi connectivity index (χ1) is 14.5. The number of rotatable bonds is 4. The Labute approximate surface area is 174 Å². The Hall–Kier alpha value is -3.64. The number of nitrogens with two attached hydrogens (primary N) is 1. The lowest BCUT2D eigenvalue weighted by molar-refractivity contribution is 0.100. The third kappa shape index (κ3) is 3.02. The van der Waals surface area contributed by atoms with Gasteiger partial charge in [-0.3, -0.25) is 9.36 Å². The molecule has 3 aromatic carbocycles. The Balaban J connectivity index is 1.70. The van der Waals surface area contributed by atoms with E-state index >= 15 is 0 Å². The molecule has 1 amide bonds. The summed E-state index contributed by atoms with van der Waals surface area (Å²) in [4.78, 5) is 16.4. The molecule has 6 heteroatoms. The van der Waals surface area contributed by atoms with Crippen LogP contribution in [0, 0.1) is 6.92 Å². The monoisotopic (exact) mass is 398 g/mol. The minimum atomic E-state index is -0.575. The molecule has 4 aromatic rings. The van der Waals surface area contributed by atoms with Gasteiger partial charge >= 0.3 is 0 Å². The van der Waals surface area contributed by atoms with Crippen molar-refractivity contribution in [1.82, 2.24) is 9.55 Å². The van der Waals surface area contributed by atoms with Crippen molar-refractivity contribution in [2.45, 2.75) is 25.5 Å². The number of aromatic nitrogens is 2. The molecule has 0 radical (unpaired) electrons. The highest BCUT2D eigenvalue weighted by atomic mass is 16.3. The molecule has 6 nitrogen and oxygen atoms in total. The van der Waals surface area contributed by atoms with Crippen molar-refractivity contribution in [3.8, 4) is 0 Å². The van der Waals surface area contributed by atoms with E-state index in [1.54, 1.807) is 12.1 Å². The number of imidazole rings is 1. The Morgan fingerprint density at radius 3 is 2.67 bits per heavy atom. The number of carbonyl (C=O) groups excluding carboxylic acids is 1. The number of nitrogens with one attached hydrogen (secondary N) is 1. The average molecular weight is 398 g/mol. The average Bonchev–Trinajstić information content (AvgIpc) is 3.24. The number of aliphatic hydroxyl groups is 1. The number of hydrogen-bond donors (Lipinski definition) is 3. The molecule has 150 valence electrons. The summed E-state index contributed by atoms with van der Waals surface area (Å²) < 4.78 is 2.02. The number of hydrogen-bond acceptors (Lipinski definition) is 4. The number of aliphatic hydroxyl groups excluding tert-OH is 1. The zero-order chi connectivity index (χ0) is 20.8. The van der Waals surface area contributed by atoms with Gasteiger partial charge in [0, 0.05) is 17.7 Å². The number of nitrogens with zero attached hydrogens (tertiary/aromatic N) is 2. The molecular formula is C24H22N4O2. The summed E-state index contributed by atoms with van der Waals surface area (Å²) in [5.41, 5.74) is 11.6. The first-order valence-corrected chi connectivity index (χ1v) is 9.92. The van der Waals surface area contributed by atoms with Crippen LogP contribution in [0.25, 0.3) is 11.0 Å². The van der Waals surface area contributed by atoms with Crippen LogP contribution < -0.4 is 11.1 Å². The van der Waals surface area contributed by atoms with Crippen LogP contribution in [0.15, 0.2) is 66.7 Å². The highest BCUT2D eigenvalue weighted by Gasteiger charge is 2.34. The zero-order valence-corrected chi connectivity index (χ0v) is 16.5. The van der Waals surface area contributed by atoms with Crippen molar-refractivity contribution in [1.29, 1.82) is 0 Å². The molecule has 0 fully saturated rings. The summed E-state index contributed by atoms with van der Waals surface area (Å²) >= 11 is 0. The molecule has 4 N–H and O–H groups in total. The molecule has 0 saturated heterocycles. The summed E-state index contributed by atoms with van der Waals surface area (Å²) in [6.07, 6.45) is 0.0123. The van der Waals surface area contributed by atoms with Crippen LogP contribution >= 0.6 is 0 Å². The number of primary amides is 1. The molecule has 0 aliphatic heterocycles. The number of anilines is 2. The Kier molecular flexibility index (Phi) is 4.29. The number of amides is 1. The van der Waals surface area contributed by atoms with E-state index in [-0.39, 0.29) is 6.04 Å². The lowest BCUT2D eigenvalue weighted by atomic mass is 10.1. The van der Waals surface area contributed by atoms with E-state index in [0.717, 1.165) is 22.3 Å². The maximum Gasteiger partial charge on any atom is 0.248 e. The van der Waals surface area contributed by atoms with Crippen LogP contribution in [-0.4, -0.2) is 26.7 Å². The van der Waals surface area contributed by atoms with Gasteiger partial charge in [-0.05, 0) is 48.4 Å². The molecule has 1 aliphatic rings. The maximum atomic E-state index is 11.7. The smallest absolute Gasteiger partial charge is 0.248 e. The second-order valence-corrected chi connectivity index (χ2v) is 7.78. The minimum absolute atomic E-state index is 0.279. The van der Waals surface area contributed by atoms with Crippen LogP contribution in [0.2, 0.25) is 0 Å². The van der Waals surface area contributed by atoms with Gasteiger partial charge in [-0.15, -0.1) is 0 Å². The van der Waals surface area contributed by atoms with Crippen LogP contribution in [0.5, 0.6) is 0 Å². The van der Waals surface area contributed by atoms with E-state index < -0.39 is 12.0 Å². The van der Waals surface area contributed by atoms with Crippen molar-refractivity contribution in [3.05, 3.63) is 89.0 Å². The van der Waals surface area contributed by atoms with Gasteiger partial charge in [-0.2, -0.15) is 0 Å². The molecule has 5 rings (SSSR count). The normalized spacial score (nSPS) is 17.8. The molecule has 0 saturated carbocycles. The van der Waals surface area contributed by atoms with Gasteiger partial charge in [-0.1, -0.05) is 42.0 Å². The molecule has 0 bridgehead atoms. The first kappa shape index (κ1) is 18.4. The van der Waals surface area contributed by atoms with Crippen LogP contribution in [0.1, 0.15) is 33.1 Å². The number of benzene rings is 3. The second-order valence-electron chi connectivity index (χ2n) is 7.78. The predicted octanol–water partition coefficient (Wildman–Crippen LogP) is 3.69. The second kappa shape index (κ2) is 7.00. The van der Waals surface area contributed by atoms with Crippen molar-refractivity contribution in [2.24, 2.45) is 5.73 Å². The van der Waals surface area contributed by atoms with E-state index in [4.69, 9.17) is 10.7 Å². The molecular weight excluding hydrogens is 376 g/mol. The summed E-state index contributed by atoms with van der Waals surface area (Å²) in [6.45, 7) is 2.04. The van der Waals surface area contributed by atoms with Gasteiger partial charge < -0.3 is 16.2 Å². The third-order valence-electron chi connectivity index (χ3n) is 5.73. The van der Waals surface area contributed by atoms with Gasteiger partial charge in [-0.25, -0.2) is 4.98 Å². The van der Waals surface area contributed by atoms with Gasteiger partial charge in [0.2, 0.25) is 11.9 Å². The van der Waals surface area contributed by atoms with Gasteiger partial charge in [0.1, 0.15) is 0 Å². The van der Waals surface area contributed by atoms with Crippen molar-refractivity contribution < 1.29 is 9.90 Å². The third-order valence-corrected chi connectivity index (χ3v) is 5.73. The first-order valence-electron chi connectivity index (χ1n) is 9.92. The Morgan fingerprint density at radius 2 is 1.90 bits per heavy atom. The van der Waals surface area contributed by atoms with Crippen molar-refractivity contribution >= 4 is 28.6 Å². The van der Waals surface area contributed by atoms with E-state index in [1.165, 1.54) is 5.56 Å². The van der Waals surface area contributed by atoms with E-state index in [9.17, 15) is 9.90 Å². The van der Waals surface area contributed by atoms with E-state index in [0.29, 0.717) is 23.4 Å². The standard InChI is InChI=1S/C24H22N4O2/c1-14-6-9-17(10-7-14)26-24-27-19-12-16(23(25)30)8-11-20(19)28(24)22-18-5-3-2-4-15(18)13-21(22)29/h2-12,21-22,29H,13H2,1H3,(H2,25,30)(H,26,27)/t21-,22+/m1/s1. The minimum Gasteiger partial charge on any atom is -0.390 e. The van der Waals surface area contributed by atoms with Crippen LogP contribution in [-0.2, 0) is 6.42 Å². The largest absolute Gasteiger partial charge is 0.390 e. The molecule has 0 unspecified atom stereocenters. The maximum absolute atomic E-state index is 11.7. The summed E-state index contributed by atoms with van der Waals surface area (Å²) in [5.74, 6) is 0.113. The van der Waals surface area contributed by atoms with Crippen LogP contribution in [0.3, 0.4) is 0 Å². The van der Waals surface area contributed by atoms with Gasteiger partial charge in [0.05, 0.1) is 23.2 Å². The quantitative estimate of drug-likeness (QED) is 0.489. The zero-order valence-electron chi connectivity index (χ0n) is 16.5. The van der Waals surface area contributed by atoms with Crippen LogP contribution in [0.4, 0.5) is 11.6 Å². The summed E-state index contributed by atoms with van der Waals surface area (Å²) in [5, 5.41) is 14.4. The SMILES string of the molecule is Cc1ccc(Nc2nc3cc(C(N)=O)ccc3n2[C@H]2c3ccccc3C[C@H]2O)cc1. The van der Waals surface area contributed by atoms with E-state index in [1.807, 2.05) is 54.0 Å². The Morgan fingerprint density at radius 1 is 1.13 bits per heavy atom. The number of carbonyl (C=O) groups is 1. The molecule has 0 spiro atoms. The fraction of sp³-hybridized carbons (Fsp3) is 0.167. The number of fused-ring (bicyclic) bond motifs is 2. The van der Waals surface area contributed by atoms with Gasteiger partial charge in [0.15, 0.2) is 0 Å². The highest BCUT2D eigenvalue weighted by molar-refractivity contribution is 5.96. The molecule has 1 aromatic heterocycles. The highest BCUT2D eigenvalue weighted by Crippen LogP contribution is 2.39. The fourth-order valence-corrected chi connectivity index (χ4v) is 4.25. The fourth-order valence-electron chi connectivity index (χ4n) is 4.25. The molecule has 1 heterocycles. The Bertz CT molecular complexity index is 1260. The van der Waals surface area contributed by atoms with Crippen molar-refractivity contribution in [3.63, 3.8) is 0 Å².